The first-order valence-corrected chi connectivity index (χ1v) is 10.5. The van der Waals surface area contributed by atoms with Crippen molar-refractivity contribution in [2.75, 3.05) is 6.54 Å². The molecule has 9 heteroatoms. The molecule has 1 aliphatic carbocycles. The average Bonchev–Trinajstić information content (AvgIpc) is 3.29. The van der Waals surface area contributed by atoms with Crippen LogP contribution in [0.5, 0.6) is 0 Å². The van der Waals surface area contributed by atoms with E-state index in [1.54, 1.807) is 29.2 Å². The van der Waals surface area contributed by atoms with E-state index in [0.29, 0.717) is 11.4 Å². The van der Waals surface area contributed by atoms with Gasteiger partial charge in [0.15, 0.2) is 0 Å². The van der Waals surface area contributed by atoms with E-state index in [1.165, 1.54) is 0 Å². The van der Waals surface area contributed by atoms with Crippen molar-refractivity contribution in [3.8, 4) is 5.69 Å². The monoisotopic (exact) mass is 429 g/mol. The van der Waals surface area contributed by atoms with E-state index in [9.17, 15) is 14.4 Å². The Kier molecular flexibility index (Phi) is 5.51. The largest absolute Gasteiger partial charge is 0.350 e. The molecule has 0 bridgehead atoms. The van der Waals surface area contributed by atoms with E-state index >= 15 is 0 Å². The number of hydrogen-bond donors (Lipinski definition) is 2. The van der Waals surface area contributed by atoms with E-state index in [-0.39, 0.29) is 24.9 Å². The fraction of sp³-hybridized carbons (Fsp3) is 0.429. The molecule has 2 N–H and O–H groups in total. The van der Waals surface area contributed by atoms with Crippen molar-refractivity contribution in [1.82, 2.24) is 25.3 Å². The van der Waals surface area contributed by atoms with Crippen LogP contribution in [0.15, 0.2) is 36.7 Å². The smallest absolute Gasteiger partial charge is 0.325 e. The van der Waals surface area contributed by atoms with Crippen LogP contribution >= 0.6 is 11.6 Å². The molecular formula is C21H24ClN5O3. The Balaban J connectivity index is 1.35. The number of amides is 4. The van der Waals surface area contributed by atoms with E-state index < -0.39 is 17.5 Å². The molecule has 2 unspecified atom stereocenters. The zero-order valence-corrected chi connectivity index (χ0v) is 17.5. The lowest BCUT2D eigenvalue weighted by atomic mass is 9.73. The highest BCUT2D eigenvalue weighted by molar-refractivity contribution is 6.30. The van der Waals surface area contributed by atoms with Crippen molar-refractivity contribution in [3.05, 3.63) is 47.2 Å². The van der Waals surface area contributed by atoms with Crippen LogP contribution in [0.4, 0.5) is 4.79 Å². The Morgan fingerprint density at radius 3 is 2.80 bits per heavy atom. The molecule has 4 amide bonds. The number of urea groups is 1. The summed E-state index contributed by atoms with van der Waals surface area (Å²) < 4.78 is 1.68. The molecule has 2 aromatic rings. The maximum absolute atomic E-state index is 12.9. The Morgan fingerprint density at radius 2 is 2.07 bits per heavy atom. The standard InChI is InChI=1S/C21H24ClN5O3/c1-14-4-2-3-9-21(14)19(29)26(20(30)25-21)13-18(28)23-10-15-11-24-27(12-15)17-7-5-16(22)6-8-17/h5-8,11-12,14H,2-4,9-10,13H2,1H3,(H,23,28)(H,25,30). The molecule has 4 rings (SSSR count). The minimum Gasteiger partial charge on any atom is -0.350 e. The predicted molar refractivity (Wildman–Crippen MR) is 111 cm³/mol. The van der Waals surface area contributed by atoms with Crippen molar-refractivity contribution >= 4 is 29.4 Å². The van der Waals surface area contributed by atoms with E-state index in [1.807, 2.05) is 19.1 Å². The summed E-state index contributed by atoms with van der Waals surface area (Å²) >= 11 is 5.90. The van der Waals surface area contributed by atoms with Gasteiger partial charge in [-0.3, -0.25) is 14.5 Å². The van der Waals surface area contributed by atoms with E-state index in [4.69, 9.17) is 11.6 Å². The molecule has 158 valence electrons. The van der Waals surface area contributed by atoms with Crippen LogP contribution in [0, 0.1) is 5.92 Å². The van der Waals surface area contributed by atoms with Crippen LogP contribution in [0.25, 0.3) is 5.69 Å². The third-order valence-corrected chi connectivity index (χ3v) is 6.27. The van der Waals surface area contributed by atoms with Crippen LogP contribution in [0.2, 0.25) is 5.02 Å². The van der Waals surface area contributed by atoms with Gasteiger partial charge in [-0.1, -0.05) is 31.4 Å². The van der Waals surface area contributed by atoms with Gasteiger partial charge in [0.1, 0.15) is 12.1 Å². The van der Waals surface area contributed by atoms with Crippen LogP contribution in [-0.4, -0.2) is 44.6 Å². The second-order valence-corrected chi connectivity index (χ2v) is 8.42. The molecule has 2 heterocycles. The molecule has 2 aliphatic rings. The number of carbonyl (C=O) groups is 3. The Labute approximate surface area is 179 Å². The van der Waals surface area contributed by atoms with Crippen LogP contribution in [-0.2, 0) is 16.1 Å². The molecule has 8 nitrogen and oxygen atoms in total. The molecule has 1 aromatic carbocycles. The van der Waals surface area contributed by atoms with Gasteiger partial charge in [-0.05, 0) is 43.0 Å². The number of halogens is 1. The molecule has 1 saturated carbocycles. The first-order valence-electron chi connectivity index (χ1n) is 10.1. The number of rotatable bonds is 5. The summed E-state index contributed by atoms with van der Waals surface area (Å²) in [6.07, 6.45) is 6.92. The van der Waals surface area contributed by atoms with Crippen LogP contribution in [0.1, 0.15) is 38.2 Å². The van der Waals surface area contributed by atoms with Gasteiger partial charge >= 0.3 is 6.03 Å². The molecule has 1 aromatic heterocycles. The molecular weight excluding hydrogens is 406 g/mol. The SMILES string of the molecule is CC1CCCCC12NC(=O)N(CC(=O)NCc1cnn(-c3ccc(Cl)cc3)c1)C2=O. The quantitative estimate of drug-likeness (QED) is 0.714. The highest BCUT2D eigenvalue weighted by Gasteiger charge is 2.55. The Bertz CT molecular complexity index is 973. The zero-order chi connectivity index (χ0) is 21.3. The summed E-state index contributed by atoms with van der Waals surface area (Å²) in [5.41, 5.74) is 0.797. The van der Waals surface area contributed by atoms with Crippen molar-refractivity contribution in [1.29, 1.82) is 0 Å². The Morgan fingerprint density at radius 1 is 1.30 bits per heavy atom. The summed E-state index contributed by atoms with van der Waals surface area (Å²) in [6.45, 7) is 1.95. The number of nitrogens with zero attached hydrogens (tertiary/aromatic N) is 3. The second-order valence-electron chi connectivity index (χ2n) is 7.99. The lowest BCUT2D eigenvalue weighted by molar-refractivity contribution is -0.137. The third kappa shape index (κ3) is 3.79. The summed E-state index contributed by atoms with van der Waals surface area (Å²) in [6, 6.07) is 6.75. The van der Waals surface area contributed by atoms with Gasteiger partial charge in [0, 0.05) is 23.3 Å². The fourth-order valence-corrected chi connectivity index (χ4v) is 4.35. The van der Waals surface area contributed by atoms with Crippen LogP contribution in [0.3, 0.4) is 0 Å². The van der Waals surface area contributed by atoms with Gasteiger partial charge < -0.3 is 10.6 Å². The summed E-state index contributed by atoms with van der Waals surface area (Å²) in [5, 5.41) is 10.5. The number of nitrogens with one attached hydrogen (secondary N) is 2. The molecule has 1 saturated heterocycles. The molecule has 1 spiro atoms. The second kappa shape index (κ2) is 8.10. The number of hydrogen-bond acceptors (Lipinski definition) is 4. The minimum atomic E-state index is -0.852. The van der Waals surface area contributed by atoms with Gasteiger partial charge in [0.05, 0.1) is 11.9 Å². The van der Waals surface area contributed by atoms with Gasteiger partial charge in [-0.25, -0.2) is 9.48 Å². The van der Waals surface area contributed by atoms with Crippen molar-refractivity contribution in [3.63, 3.8) is 0 Å². The van der Waals surface area contributed by atoms with Crippen LogP contribution < -0.4 is 10.6 Å². The van der Waals surface area contributed by atoms with Gasteiger partial charge in [-0.2, -0.15) is 5.10 Å². The van der Waals surface area contributed by atoms with Crippen molar-refractivity contribution in [2.24, 2.45) is 5.92 Å². The molecule has 1 aliphatic heterocycles. The predicted octanol–water partition coefficient (Wildman–Crippen LogP) is 2.64. The lowest BCUT2D eigenvalue weighted by Gasteiger charge is -2.36. The third-order valence-electron chi connectivity index (χ3n) is 6.02. The Hall–Kier alpha value is -2.87. The first kappa shape index (κ1) is 20.4. The molecule has 2 atom stereocenters. The number of imide groups is 1. The van der Waals surface area contributed by atoms with E-state index in [2.05, 4.69) is 15.7 Å². The van der Waals surface area contributed by atoms with Crippen molar-refractivity contribution < 1.29 is 14.4 Å². The molecule has 0 radical (unpaired) electrons. The first-order chi connectivity index (χ1) is 14.4. The highest BCUT2D eigenvalue weighted by atomic mass is 35.5. The summed E-state index contributed by atoms with van der Waals surface area (Å²) in [4.78, 5) is 38.8. The van der Waals surface area contributed by atoms with Gasteiger partial charge in [-0.15, -0.1) is 0 Å². The number of benzene rings is 1. The average molecular weight is 430 g/mol. The maximum atomic E-state index is 12.9. The van der Waals surface area contributed by atoms with Crippen molar-refractivity contribution in [2.45, 2.75) is 44.7 Å². The normalized spacial score (nSPS) is 23.7. The topological polar surface area (TPSA) is 96.3 Å². The highest BCUT2D eigenvalue weighted by Crippen LogP contribution is 2.38. The number of carbonyl (C=O) groups excluding carboxylic acids is 3. The summed E-state index contributed by atoms with van der Waals surface area (Å²) in [5.74, 6) is -0.613. The maximum Gasteiger partial charge on any atom is 0.325 e. The zero-order valence-electron chi connectivity index (χ0n) is 16.7. The molecule has 30 heavy (non-hydrogen) atoms. The lowest BCUT2D eigenvalue weighted by Crippen LogP contribution is -2.54. The molecule has 2 fully saturated rings. The minimum absolute atomic E-state index is 0.0643. The van der Waals surface area contributed by atoms with E-state index in [0.717, 1.165) is 35.4 Å². The van der Waals surface area contributed by atoms with Gasteiger partial charge in [0.2, 0.25) is 5.91 Å². The summed E-state index contributed by atoms with van der Waals surface area (Å²) in [7, 11) is 0. The van der Waals surface area contributed by atoms with Gasteiger partial charge in [0.25, 0.3) is 5.91 Å². The fourth-order valence-electron chi connectivity index (χ4n) is 4.23. The number of aromatic nitrogens is 2.